The molecule has 1 aliphatic carbocycles. The van der Waals surface area contributed by atoms with Gasteiger partial charge < -0.3 is 5.11 Å². The van der Waals surface area contributed by atoms with Crippen molar-refractivity contribution in [2.45, 2.75) is 49.2 Å². The van der Waals surface area contributed by atoms with Gasteiger partial charge >= 0.3 is 0 Å². The molecule has 0 atom stereocenters. The number of sulfone groups is 1. The largest absolute Gasteiger partial charge is 0.395 e. The van der Waals surface area contributed by atoms with E-state index in [-0.39, 0.29) is 6.61 Å². The predicted octanol–water partition coefficient (Wildman–Crippen LogP) is 2.11. The molecule has 2 rings (SSSR count). The van der Waals surface area contributed by atoms with Crippen LogP contribution < -0.4 is 0 Å². The maximum atomic E-state index is 12.4. The fourth-order valence-electron chi connectivity index (χ4n) is 2.28. The minimum absolute atomic E-state index is 0.335. The molecule has 0 saturated carbocycles. The molecular weight excluding hydrogens is 248 g/mol. The molecular formula is C14H20O3S. The lowest BCUT2D eigenvalue weighted by molar-refractivity contribution is 0.258. The van der Waals surface area contributed by atoms with E-state index >= 15 is 0 Å². The molecule has 0 aliphatic heterocycles. The summed E-state index contributed by atoms with van der Waals surface area (Å²) in [7, 11) is -3.47. The second-order valence-corrected chi connectivity index (χ2v) is 8.14. The van der Waals surface area contributed by atoms with Crippen LogP contribution in [0, 0.1) is 0 Å². The lowest BCUT2D eigenvalue weighted by Gasteiger charge is -2.23. The van der Waals surface area contributed by atoms with Crippen LogP contribution in [-0.2, 0) is 22.7 Å². The van der Waals surface area contributed by atoms with Crippen LogP contribution in [0.15, 0.2) is 23.1 Å². The third-order valence-electron chi connectivity index (χ3n) is 3.74. The van der Waals surface area contributed by atoms with Crippen LogP contribution in [0.2, 0.25) is 0 Å². The minimum Gasteiger partial charge on any atom is -0.395 e. The Hall–Kier alpha value is -0.870. The molecule has 0 aromatic heterocycles. The van der Waals surface area contributed by atoms with Gasteiger partial charge in [0.15, 0.2) is 9.84 Å². The van der Waals surface area contributed by atoms with Gasteiger partial charge in [0.1, 0.15) is 0 Å². The summed E-state index contributed by atoms with van der Waals surface area (Å²) in [6.07, 6.45) is 4.30. The number of rotatable bonds is 3. The summed E-state index contributed by atoms with van der Waals surface area (Å²) in [5.41, 5.74) is 2.41. The zero-order valence-electron chi connectivity index (χ0n) is 10.9. The predicted molar refractivity (Wildman–Crippen MR) is 71.4 cm³/mol. The van der Waals surface area contributed by atoms with Crippen molar-refractivity contribution >= 4 is 9.84 Å². The Morgan fingerprint density at radius 2 is 1.78 bits per heavy atom. The zero-order chi connectivity index (χ0) is 13.4. The van der Waals surface area contributed by atoms with Gasteiger partial charge in [-0.05, 0) is 62.8 Å². The molecule has 0 spiro atoms. The fraction of sp³-hybridized carbons (Fsp3) is 0.571. The van der Waals surface area contributed by atoms with Crippen molar-refractivity contribution in [1.29, 1.82) is 0 Å². The summed E-state index contributed by atoms with van der Waals surface area (Å²) < 4.78 is 23.7. The Bertz CT molecular complexity index is 544. The molecule has 0 unspecified atom stereocenters. The summed E-state index contributed by atoms with van der Waals surface area (Å²) in [5, 5.41) is 9.25. The highest BCUT2D eigenvalue weighted by Gasteiger charge is 2.35. The Kier molecular flexibility index (Phi) is 3.52. The van der Waals surface area contributed by atoms with Gasteiger partial charge in [-0.2, -0.15) is 0 Å². The Morgan fingerprint density at radius 1 is 1.17 bits per heavy atom. The van der Waals surface area contributed by atoms with E-state index in [0.29, 0.717) is 4.90 Å². The van der Waals surface area contributed by atoms with Crippen LogP contribution in [0.3, 0.4) is 0 Å². The van der Waals surface area contributed by atoms with E-state index < -0.39 is 14.6 Å². The van der Waals surface area contributed by atoms with Gasteiger partial charge in [-0.3, -0.25) is 0 Å². The van der Waals surface area contributed by atoms with Crippen molar-refractivity contribution in [3.63, 3.8) is 0 Å². The van der Waals surface area contributed by atoms with Crippen LogP contribution in [-0.4, -0.2) is 24.9 Å². The molecule has 0 saturated heterocycles. The smallest absolute Gasteiger partial charge is 0.185 e. The number of fused-ring (bicyclic) bond motifs is 1. The second kappa shape index (κ2) is 4.67. The molecule has 18 heavy (non-hydrogen) atoms. The first-order valence-corrected chi connectivity index (χ1v) is 7.84. The zero-order valence-corrected chi connectivity index (χ0v) is 11.8. The Labute approximate surface area is 109 Å². The van der Waals surface area contributed by atoms with E-state index in [9.17, 15) is 13.5 Å². The molecule has 100 valence electrons. The van der Waals surface area contributed by atoms with Crippen LogP contribution in [0.4, 0.5) is 0 Å². The van der Waals surface area contributed by atoms with Gasteiger partial charge in [0.25, 0.3) is 0 Å². The summed E-state index contributed by atoms with van der Waals surface area (Å²) >= 11 is 0. The highest BCUT2D eigenvalue weighted by atomic mass is 32.2. The van der Waals surface area contributed by atoms with E-state index in [1.54, 1.807) is 26.0 Å². The van der Waals surface area contributed by atoms with Gasteiger partial charge in [0.05, 0.1) is 16.2 Å². The molecule has 1 aromatic rings. The maximum absolute atomic E-state index is 12.4. The molecule has 1 aromatic carbocycles. The standard InChI is InChI=1S/C14H20O3S/c1-14(2,10-15)18(16,17)13-8-7-11-5-3-4-6-12(11)9-13/h7-9,15H,3-6,10H2,1-2H3. The summed E-state index contributed by atoms with van der Waals surface area (Å²) in [5.74, 6) is 0. The van der Waals surface area contributed by atoms with E-state index in [0.717, 1.165) is 24.8 Å². The SMILES string of the molecule is CC(C)(CO)S(=O)(=O)c1ccc2c(c1)CCCC2. The quantitative estimate of drug-likeness (QED) is 0.913. The Balaban J connectivity index is 2.46. The van der Waals surface area contributed by atoms with Crippen molar-refractivity contribution in [1.82, 2.24) is 0 Å². The van der Waals surface area contributed by atoms with Crippen molar-refractivity contribution in [2.75, 3.05) is 6.61 Å². The average Bonchev–Trinajstić information content (AvgIpc) is 2.37. The van der Waals surface area contributed by atoms with Crippen molar-refractivity contribution < 1.29 is 13.5 Å². The topological polar surface area (TPSA) is 54.4 Å². The monoisotopic (exact) mass is 268 g/mol. The first kappa shape index (κ1) is 13.6. The third kappa shape index (κ3) is 2.19. The molecule has 4 heteroatoms. The maximum Gasteiger partial charge on any atom is 0.185 e. The van der Waals surface area contributed by atoms with Crippen LogP contribution in [0.5, 0.6) is 0 Å². The van der Waals surface area contributed by atoms with Crippen molar-refractivity contribution in [2.24, 2.45) is 0 Å². The number of aliphatic hydroxyl groups excluding tert-OH is 1. The van der Waals surface area contributed by atoms with Gasteiger partial charge in [0.2, 0.25) is 0 Å². The molecule has 0 fully saturated rings. The molecule has 0 radical (unpaired) electrons. The highest BCUT2D eigenvalue weighted by molar-refractivity contribution is 7.92. The molecule has 1 N–H and O–H groups in total. The number of aliphatic hydroxyl groups is 1. The number of aryl methyl sites for hydroxylation is 2. The van der Waals surface area contributed by atoms with E-state index in [2.05, 4.69) is 0 Å². The second-order valence-electron chi connectivity index (χ2n) is 5.56. The van der Waals surface area contributed by atoms with Crippen LogP contribution in [0.1, 0.15) is 37.8 Å². The summed E-state index contributed by atoms with van der Waals surface area (Å²) in [4.78, 5) is 0.335. The third-order valence-corrected chi connectivity index (χ3v) is 6.20. The van der Waals surface area contributed by atoms with Gasteiger partial charge in [-0.1, -0.05) is 6.07 Å². The normalized spacial score (nSPS) is 16.4. The minimum atomic E-state index is -3.47. The summed E-state index contributed by atoms with van der Waals surface area (Å²) in [6, 6.07) is 5.40. The molecule has 0 bridgehead atoms. The number of hydrogen-bond donors (Lipinski definition) is 1. The Morgan fingerprint density at radius 3 is 2.39 bits per heavy atom. The van der Waals surface area contributed by atoms with E-state index in [1.165, 1.54) is 12.0 Å². The first-order valence-electron chi connectivity index (χ1n) is 6.36. The van der Waals surface area contributed by atoms with Crippen molar-refractivity contribution in [3.05, 3.63) is 29.3 Å². The number of hydrogen-bond acceptors (Lipinski definition) is 3. The summed E-state index contributed by atoms with van der Waals surface area (Å²) in [6.45, 7) is 2.75. The lowest BCUT2D eigenvalue weighted by Crippen LogP contribution is -2.35. The number of benzene rings is 1. The highest BCUT2D eigenvalue weighted by Crippen LogP contribution is 2.29. The lowest BCUT2D eigenvalue weighted by atomic mass is 9.92. The van der Waals surface area contributed by atoms with Gasteiger partial charge in [-0.25, -0.2) is 8.42 Å². The fourth-order valence-corrected chi connectivity index (χ4v) is 3.63. The molecule has 0 amide bonds. The van der Waals surface area contributed by atoms with E-state index in [4.69, 9.17) is 0 Å². The average molecular weight is 268 g/mol. The van der Waals surface area contributed by atoms with Crippen LogP contribution in [0.25, 0.3) is 0 Å². The van der Waals surface area contributed by atoms with Crippen molar-refractivity contribution in [3.8, 4) is 0 Å². The molecule has 0 heterocycles. The first-order chi connectivity index (χ1) is 8.38. The van der Waals surface area contributed by atoms with Gasteiger partial charge in [0, 0.05) is 0 Å². The van der Waals surface area contributed by atoms with Crippen LogP contribution >= 0.6 is 0 Å². The van der Waals surface area contributed by atoms with E-state index in [1.807, 2.05) is 6.07 Å². The molecule has 3 nitrogen and oxygen atoms in total. The van der Waals surface area contributed by atoms with Gasteiger partial charge in [-0.15, -0.1) is 0 Å². The molecule has 1 aliphatic rings.